The molecule has 23 heavy (non-hydrogen) atoms. The maximum Gasteiger partial charge on any atom is 0.166 e. The van der Waals surface area contributed by atoms with Crippen molar-refractivity contribution in [3.05, 3.63) is 30.4 Å². The Morgan fingerprint density at radius 2 is 1.96 bits per heavy atom. The van der Waals surface area contributed by atoms with Crippen molar-refractivity contribution in [1.82, 2.24) is 24.6 Å². The lowest BCUT2D eigenvalue weighted by molar-refractivity contribution is 0.558. The van der Waals surface area contributed by atoms with Gasteiger partial charge in [-0.15, -0.1) is 5.10 Å². The highest BCUT2D eigenvalue weighted by atomic mass is 15.3. The fraction of sp³-hybridized carbons (Fsp3) is 0.375. The Hall–Kier alpha value is -2.70. The van der Waals surface area contributed by atoms with E-state index in [1.807, 2.05) is 19.2 Å². The van der Waals surface area contributed by atoms with Crippen molar-refractivity contribution in [3.8, 4) is 11.3 Å². The second kappa shape index (κ2) is 5.83. The topological polar surface area (TPSA) is 94.0 Å². The number of rotatable bonds is 4. The van der Waals surface area contributed by atoms with Crippen LogP contribution < -0.4 is 11.1 Å². The number of nitrogens with zero attached hydrogens (tertiary/aromatic N) is 5. The summed E-state index contributed by atoms with van der Waals surface area (Å²) in [5.74, 6) is 1.67. The molecule has 3 heterocycles. The molecule has 0 amide bonds. The van der Waals surface area contributed by atoms with E-state index < -0.39 is 0 Å². The van der Waals surface area contributed by atoms with Crippen LogP contribution in [-0.2, 0) is 0 Å². The van der Waals surface area contributed by atoms with Crippen molar-refractivity contribution in [1.29, 1.82) is 0 Å². The Balaban J connectivity index is 2.04. The third kappa shape index (κ3) is 2.94. The van der Waals surface area contributed by atoms with Gasteiger partial charge in [-0.25, -0.2) is 19.5 Å². The molecule has 0 saturated carbocycles. The van der Waals surface area contributed by atoms with Crippen LogP contribution in [0.1, 0.15) is 26.3 Å². The van der Waals surface area contributed by atoms with Gasteiger partial charge in [0.25, 0.3) is 0 Å². The van der Waals surface area contributed by atoms with E-state index in [1.165, 1.54) is 6.33 Å². The zero-order valence-electron chi connectivity index (χ0n) is 13.8. The molecule has 120 valence electrons. The molecule has 0 aliphatic carbocycles. The van der Waals surface area contributed by atoms with E-state index in [9.17, 15) is 0 Å². The maximum absolute atomic E-state index is 6.08. The summed E-state index contributed by atoms with van der Waals surface area (Å²) in [7, 11) is 0. The summed E-state index contributed by atoms with van der Waals surface area (Å²) in [5, 5.41) is 7.70. The predicted molar refractivity (Wildman–Crippen MR) is 91.1 cm³/mol. The first-order valence-corrected chi connectivity index (χ1v) is 7.65. The lowest BCUT2D eigenvalue weighted by Crippen LogP contribution is -2.22. The normalized spacial score (nSPS) is 12.7. The van der Waals surface area contributed by atoms with Gasteiger partial charge in [-0.05, 0) is 25.3 Å². The molecule has 7 nitrogen and oxygen atoms in total. The van der Waals surface area contributed by atoms with Crippen LogP contribution in [0, 0.1) is 12.8 Å². The molecule has 3 aromatic rings. The molecule has 3 rings (SSSR count). The molecule has 0 saturated heterocycles. The Labute approximate surface area is 135 Å². The van der Waals surface area contributed by atoms with Gasteiger partial charge < -0.3 is 11.1 Å². The number of nitrogen functional groups attached to an aromatic ring is 1. The van der Waals surface area contributed by atoms with Gasteiger partial charge in [0.1, 0.15) is 12.1 Å². The zero-order valence-corrected chi connectivity index (χ0v) is 13.8. The largest absolute Gasteiger partial charge is 0.382 e. The van der Waals surface area contributed by atoms with Crippen LogP contribution in [0.4, 0.5) is 11.6 Å². The molecule has 0 fully saturated rings. The lowest BCUT2D eigenvalue weighted by atomic mass is 10.1. The molecule has 3 aromatic heterocycles. The SMILES string of the molecule is Cc1cnc2c(-c3cc(N[C@@H](C)C(C)C)ncn3)c(N)nn2c1. The Morgan fingerprint density at radius 1 is 1.17 bits per heavy atom. The molecule has 0 aliphatic heterocycles. The average Bonchev–Trinajstić information content (AvgIpc) is 2.82. The summed E-state index contributed by atoms with van der Waals surface area (Å²) >= 11 is 0. The van der Waals surface area contributed by atoms with Crippen molar-refractivity contribution in [2.75, 3.05) is 11.1 Å². The summed E-state index contributed by atoms with van der Waals surface area (Å²) in [6, 6.07) is 2.19. The van der Waals surface area contributed by atoms with E-state index in [1.54, 1.807) is 10.7 Å². The summed E-state index contributed by atoms with van der Waals surface area (Å²) in [4.78, 5) is 13.1. The number of hydrogen-bond donors (Lipinski definition) is 2. The molecular formula is C16H21N7. The molecule has 0 spiro atoms. The molecule has 1 atom stereocenters. The van der Waals surface area contributed by atoms with Crippen molar-refractivity contribution in [2.24, 2.45) is 5.92 Å². The van der Waals surface area contributed by atoms with Crippen molar-refractivity contribution in [3.63, 3.8) is 0 Å². The highest BCUT2D eigenvalue weighted by molar-refractivity contribution is 5.84. The van der Waals surface area contributed by atoms with E-state index in [0.29, 0.717) is 29.1 Å². The third-order valence-electron chi connectivity index (χ3n) is 3.93. The molecule has 0 aromatic carbocycles. The highest BCUT2D eigenvalue weighted by Gasteiger charge is 2.16. The first-order chi connectivity index (χ1) is 11.0. The first-order valence-electron chi connectivity index (χ1n) is 7.65. The van der Waals surface area contributed by atoms with Gasteiger partial charge in [0, 0.05) is 24.5 Å². The molecule has 7 heteroatoms. The van der Waals surface area contributed by atoms with Gasteiger partial charge in [-0.3, -0.25) is 0 Å². The van der Waals surface area contributed by atoms with Crippen LogP contribution in [0.15, 0.2) is 24.8 Å². The van der Waals surface area contributed by atoms with E-state index in [0.717, 1.165) is 16.9 Å². The smallest absolute Gasteiger partial charge is 0.166 e. The van der Waals surface area contributed by atoms with Crippen molar-refractivity contribution < 1.29 is 0 Å². The monoisotopic (exact) mass is 311 g/mol. The molecule has 0 bridgehead atoms. The fourth-order valence-electron chi connectivity index (χ4n) is 2.26. The highest BCUT2D eigenvalue weighted by Crippen LogP contribution is 2.28. The third-order valence-corrected chi connectivity index (χ3v) is 3.93. The summed E-state index contributed by atoms with van der Waals surface area (Å²) in [5.41, 5.74) is 9.23. The minimum atomic E-state index is 0.305. The van der Waals surface area contributed by atoms with Crippen LogP contribution in [0.2, 0.25) is 0 Å². The molecular weight excluding hydrogens is 290 g/mol. The second-order valence-corrected chi connectivity index (χ2v) is 6.13. The number of aryl methyl sites for hydroxylation is 1. The van der Waals surface area contributed by atoms with Gasteiger partial charge in [-0.1, -0.05) is 13.8 Å². The number of nitrogens with one attached hydrogen (secondary N) is 1. The Morgan fingerprint density at radius 3 is 2.70 bits per heavy atom. The standard InChI is InChI=1S/C16H21N7/c1-9(2)11(4)21-13-5-12(19-8-20-13)14-15(17)22-23-7-10(3)6-18-16(14)23/h5-9,11H,1-4H3,(H2,17,22)(H,19,20,21)/t11-/m0/s1. The van der Waals surface area contributed by atoms with Crippen LogP contribution in [-0.4, -0.2) is 30.6 Å². The van der Waals surface area contributed by atoms with Gasteiger partial charge >= 0.3 is 0 Å². The maximum atomic E-state index is 6.08. The van der Waals surface area contributed by atoms with Crippen LogP contribution in [0.5, 0.6) is 0 Å². The quantitative estimate of drug-likeness (QED) is 0.769. The fourth-order valence-corrected chi connectivity index (χ4v) is 2.26. The van der Waals surface area contributed by atoms with Gasteiger partial charge in [0.15, 0.2) is 11.5 Å². The number of fused-ring (bicyclic) bond motifs is 1. The van der Waals surface area contributed by atoms with Gasteiger partial charge in [-0.2, -0.15) is 0 Å². The Kier molecular flexibility index (Phi) is 3.85. The van der Waals surface area contributed by atoms with Crippen LogP contribution in [0.25, 0.3) is 16.9 Å². The van der Waals surface area contributed by atoms with Crippen molar-refractivity contribution in [2.45, 2.75) is 33.7 Å². The Bertz CT molecular complexity index is 838. The minimum Gasteiger partial charge on any atom is -0.382 e. The summed E-state index contributed by atoms with van der Waals surface area (Å²) < 4.78 is 1.69. The van der Waals surface area contributed by atoms with Crippen LogP contribution in [0.3, 0.4) is 0 Å². The first kappa shape index (κ1) is 15.2. The van der Waals surface area contributed by atoms with Crippen LogP contribution >= 0.6 is 0 Å². The number of aromatic nitrogens is 5. The number of anilines is 2. The second-order valence-electron chi connectivity index (χ2n) is 6.13. The van der Waals surface area contributed by atoms with E-state index in [-0.39, 0.29) is 0 Å². The number of nitrogens with two attached hydrogens (primary N) is 1. The van der Waals surface area contributed by atoms with Crippen molar-refractivity contribution >= 4 is 17.3 Å². The van der Waals surface area contributed by atoms with E-state index in [2.05, 4.69) is 46.1 Å². The predicted octanol–water partition coefficient (Wildman–Crippen LogP) is 2.53. The zero-order chi connectivity index (χ0) is 16.6. The average molecular weight is 311 g/mol. The summed E-state index contributed by atoms with van der Waals surface area (Å²) in [6.07, 6.45) is 5.21. The van der Waals surface area contributed by atoms with Gasteiger partial charge in [0.05, 0.1) is 11.3 Å². The van der Waals surface area contributed by atoms with E-state index in [4.69, 9.17) is 5.73 Å². The molecule has 0 aliphatic rings. The number of hydrogen-bond acceptors (Lipinski definition) is 6. The van der Waals surface area contributed by atoms with E-state index >= 15 is 0 Å². The van der Waals surface area contributed by atoms with Gasteiger partial charge in [0.2, 0.25) is 0 Å². The molecule has 0 radical (unpaired) electrons. The lowest BCUT2D eigenvalue weighted by Gasteiger charge is -2.18. The molecule has 0 unspecified atom stereocenters. The molecule has 3 N–H and O–H groups in total. The minimum absolute atomic E-state index is 0.305. The summed E-state index contributed by atoms with van der Waals surface area (Å²) in [6.45, 7) is 8.41.